The second-order valence-corrected chi connectivity index (χ2v) is 3.32. The van der Waals surface area contributed by atoms with Crippen LogP contribution in [-0.2, 0) is 9.47 Å². The van der Waals surface area contributed by atoms with E-state index in [1.807, 2.05) is 27.7 Å². The first kappa shape index (κ1) is 11.9. The van der Waals surface area contributed by atoms with E-state index in [1.165, 1.54) is 0 Å². The Balaban J connectivity index is 3.36. The molecular weight excluding hydrogens is 156 g/mol. The Morgan fingerprint density at radius 1 is 1.08 bits per heavy atom. The van der Waals surface area contributed by atoms with Crippen LogP contribution >= 0.6 is 0 Å². The molecule has 3 nitrogen and oxygen atoms in total. The topological polar surface area (TPSA) is 38.7 Å². The van der Waals surface area contributed by atoms with Crippen molar-refractivity contribution in [2.24, 2.45) is 0 Å². The van der Waals surface area contributed by atoms with Gasteiger partial charge in [0.2, 0.25) is 0 Å². The van der Waals surface area contributed by atoms with Crippen molar-refractivity contribution < 1.29 is 14.6 Å². The molecule has 0 fully saturated rings. The predicted octanol–water partition coefficient (Wildman–Crippen LogP) is 1.20. The maximum Gasteiger partial charge on any atom is 0.0784 e. The molecule has 0 aromatic carbocycles. The molecule has 0 aliphatic rings. The van der Waals surface area contributed by atoms with Crippen LogP contribution in [0.3, 0.4) is 0 Å². The highest BCUT2D eigenvalue weighted by Crippen LogP contribution is 1.99. The van der Waals surface area contributed by atoms with Gasteiger partial charge in [0, 0.05) is 0 Å². The number of aliphatic hydroxyl groups is 1. The van der Waals surface area contributed by atoms with Crippen LogP contribution in [0.2, 0.25) is 0 Å². The van der Waals surface area contributed by atoms with E-state index < -0.39 is 0 Å². The molecule has 2 atom stereocenters. The minimum absolute atomic E-state index is 0.0639. The van der Waals surface area contributed by atoms with E-state index in [2.05, 4.69) is 0 Å². The Labute approximate surface area is 74.7 Å². The van der Waals surface area contributed by atoms with Crippen molar-refractivity contribution in [3.63, 3.8) is 0 Å². The summed E-state index contributed by atoms with van der Waals surface area (Å²) in [6.45, 7) is 8.39. The highest BCUT2D eigenvalue weighted by atomic mass is 16.5. The Morgan fingerprint density at radius 2 is 1.67 bits per heavy atom. The van der Waals surface area contributed by atoms with Gasteiger partial charge in [-0.25, -0.2) is 0 Å². The molecule has 0 spiro atoms. The number of ether oxygens (including phenoxy) is 2. The molecule has 3 heteroatoms. The molecule has 0 bridgehead atoms. The van der Waals surface area contributed by atoms with E-state index in [0.717, 1.165) is 0 Å². The quantitative estimate of drug-likeness (QED) is 0.661. The van der Waals surface area contributed by atoms with E-state index in [4.69, 9.17) is 14.6 Å². The zero-order chi connectivity index (χ0) is 9.56. The van der Waals surface area contributed by atoms with Gasteiger partial charge in [0.1, 0.15) is 0 Å². The predicted molar refractivity (Wildman–Crippen MR) is 48.2 cm³/mol. The lowest BCUT2D eigenvalue weighted by atomic mass is 10.4. The van der Waals surface area contributed by atoms with E-state index in [1.54, 1.807) is 0 Å². The van der Waals surface area contributed by atoms with Crippen LogP contribution in [0.4, 0.5) is 0 Å². The Bertz CT molecular complexity index is 104. The standard InChI is InChI=1S/C9H20O3/c1-7(2)12-9(4)6-11-8(3)5-10/h7-10H,5-6H2,1-4H3. The summed E-state index contributed by atoms with van der Waals surface area (Å²) in [6.07, 6.45) is 0.232. The van der Waals surface area contributed by atoms with Crippen molar-refractivity contribution in [1.82, 2.24) is 0 Å². The lowest BCUT2D eigenvalue weighted by Gasteiger charge is -2.18. The van der Waals surface area contributed by atoms with Crippen LogP contribution in [0.25, 0.3) is 0 Å². The van der Waals surface area contributed by atoms with Crippen molar-refractivity contribution >= 4 is 0 Å². The Morgan fingerprint density at radius 3 is 2.08 bits per heavy atom. The number of aliphatic hydroxyl groups excluding tert-OH is 1. The molecule has 0 aliphatic carbocycles. The fourth-order valence-electron chi connectivity index (χ4n) is 0.856. The molecule has 0 saturated heterocycles. The van der Waals surface area contributed by atoms with Gasteiger partial charge in [-0.3, -0.25) is 0 Å². The van der Waals surface area contributed by atoms with Crippen molar-refractivity contribution in [3.05, 3.63) is 0 Å². The average Bonchev–Trinajstić information content (AvgIpc) is 1.99. The van der Waals surface area contributed by atoms with Crippen LogP contribution in [0.5, 0.6) is 0 Å². The summed E-state index contributed by atoms with van der Waals surface area (Å²) in [5.74, 6) is 0. The second kappa shape index (κ2) is 6.40. The van der Waals surface area contributed by atoms with Gasteiger partial charge in [0.25, 0.3) is 0 Å². The normalized spacial score (nSPS) is 16.5. The zero-order valence-corrected chi connectivity index (χ0v) is 8.41. The number of rotatable bonds is 6. The molecule has 1 N–H and O–H groups in total. The van der Waals surface area contributed by atoms with Gasteiger partial charge in [-0.05, 0) is 27.7 Å². The monoisotopic (exact) mass is 176 g/mol. The van der Waals surface area contributed by atoms with Crippen molar-refractivity contribution in [2.45, 2.75) is 46.0 Å². The molecular formula is C9H20O3. The molecule has 0 aliphatic heterocycles. The summed E-state index contributed by atoms with van der Waals surface area (Å²) in [4.78, 5) is 0. The maximum atomic E-state index is 8.66. The lowest BCUT2D eigenvalue weighted by molar-refractivity contribution is -0.0631. The third-order valence-corrected chi connectivity index (χ3v) is 1.38. The molecule has 0 radical (unpaired) electrons. The molecule has 2 unspecified atom stereocenters. The van der Waals surface area contributed by atoms with Gasteiger partial charge in [-0.15, -0.1) is 0 Å². The maximum absolute atomic E-state index is 8.66. The fraction of sp³-hybridized carbons (Fsp3) is 1.00. The number of hydrogen-bond donors (Lipinski definition) is 1. The van der Waals surface area contributed by atoms with E-state index >= 15 is 0 Å². The summed E-state index contributed by atoms with van der Waals surface area (Å²) < 4.78 is 10.7. The first-order valence-corrected chi connectivity index (χ1v) is 4.44. The van der Waals surface area contributed by atoms with Gasteiger partial charge in [-0.1, -0.05) is 0 Å². The second-order valence-electron chi connectivity index (χ2n) is 3.32. The van der Waals surface area contributed by atoms with Crippen LogP contribution in [-0.4, -0.2) is 36.6 Å². The summed E-state index contributed by atoms with van der Waals surface area (Å²) in [6, 6.07) is 0. The molecule has 12 heavy (non-hydrogen) atoms. The molecule has 74 valence electrons. The average molecular weight is 176 g/mol. The smallest absolute Gasteiger partial charge is 0.0784 e. The lowest BCUT2D eigenvalue weighted by Crippen LogP contribution is -2.24. The summed E-state index contributed by atoms with van der Waals surface area (Å²) in [5, 5.41) is 8.66. The Hall–Kier alpha value is -0.120. The van der Waals surface area contributed by atoms with Crippen LogP contribution in [0.15, 0.2) is 0 Å². The summed E-state index contributed by atoms with van der Waals surface area (Å²) in [7, 11) is 0. The van der Waals surface area contributed by atoms with Gasteiger partial charge in [-0.2, -0.15) is 0 Å². The summed E-state index contributed by atoms with van der Waals surface area (Å²) >= 11 is 0. The summed E-state index contributed by atoms with van der Waals surface area (Å²) in [5.41, 5.74) is 0. The van der Waals surface area contributed by atoms with Crippen LogP contribution in [0.1, 0.15) is 27.7 Å². The first-order chi connectivity index (χ1) is 5.56. The molecule has 0 rings (SSSR count). The molecule has 0 heterocycles. The number of hydrogen-bond acceptors (Lipinski definition) is 3. The highest BCUT2D eigenvalue weighted by molar-refractivity contribution is 4.52. The van der Waals surface area contributed by atoms with Gasteiger partial charge in [0.15, 0.2) is 0 Å². The van der Waals surface area contributed by atoms with Gasteiger partial charge < -0.3 is 14.6 Å². The Kier molecular flexibility index (Phi) is 6.34. The van der Waals surface area contributed by atoms with E-state index in [9.17, 15) is 0 Å². The highest BCUT2D eigenvalue weighted by Gasteiger charge is 2.07. The van der Waals surface area contributed by atoms with Crippen LogP contribution in [0, 0.1) is 0 Å². The largest absolute Gasteiger partial charge is 0.394 e. The molecule has 0 saturated carbocycles. The van der Waals surface area contributed by atoms with Crippen molar-refractivity contribution in [2.75, 3.05) is 13.2 Å². The van der Waals surface area contributed by atoms with Gasteiger partial charge in [0.05, 0.1) is 31.5 Å². The van der Waals surface area contributed by atoms with Gasteiger partial charge >= 0.3 is 0 Å². The molecule has 0 aromatic rings. The SMILES string of the molecule is CC(C)OC(C)COC(C)CO. The van der Waals surface area contributed by atoms with E-state index in [-0.39, 0.29) is 24.9 Å². The first-order valence-electron chi connectivity index (χ1n) is 4.44. The third-order valence-electron chi connectivity index (χ3n) is 1.38. The minimum Gasteiger partial charge on any atom is -0.394 e. The minimum atomic E-state index is -0.0942. The van der Waals surface area contributed by atoms with Crippen molar-refractivity contribution in [1.29, 1.82) is 0 Å². The zero-order valence-electron chi connectivity index (χ0n) is 8.41. The molecule has 0 aromatic heterocycles. The molecule has 0 amide bonds. The van der Waals surface area contributed by atoms with E-state index in [0.29, 0.717) is 6.61 Å². The third kappa shape index (κ3) is 6.58. The fourth-order valence-corrected chi connectivity index (χ4v) is 0.856. The van der Waals surface area contributed by atoms with Crippen molar-refractivity contribution in [3.8, 4) is 0 Å². The van der Waals surface area contributed by atoms with Crippen LogP contribution < -0.4 is 0 Å².